The van der Waals surface area contributed by atoms with Gasteiger partial charge in [0.25, 0.3) is 0 Å². The van der Waals surface area contributed by atoms with Crippen LogP contribution >= 0.6 is 23.5 Å². The molecule has 0 aromatic heterocycles. The third kappa shape index (κ3) is 12.4. The van der Waals surface area contributed by atoms with Crippen molar-refractivity contribution in [2.45, 2.75) is 30.3 Å². The maximum atomic E-state index is 12.6. The lowest BCUT2D eigenvalue weighted by atomic mass is 10.0. The molecule has 0 aliphatic carbocycles. The topological polar surface area (TPSA) is 102 Å². The lowest BCUT2D eigenvalue weighted by molar-refractivity contribution is 0.0974. The Balaban J connectivity index is 0.000000256. The van der Waals surface area contributed by atoms with Crippen molar-refractivity contribution in [2.75, 3.05) is 46.0 Å². The molecule has 0 aliphatic rings. The smallest absolute Gasteiger partial charge is 0.164 e. The molecule has 0 fully saturated rings. The number of aliphatic hydroxyl groups excluding tert-OH is 2. The molecule has 2 unspecified atom stereocenters. The quantitative estimate of drug-likeness (QED) is 0.109. The van der Waals surface area contributed by atoms with Crippen molar-refractivity contribution in [1.29, 1.82) is 0 Å². The second kappa shape index (κ2) is 20.5. The van der Waals surface area contributed by atoms with E-state index >= 15 is 0 Å². The van der Waals surface area contributed by atoms with Gasteiger partial charge in [0.2, 0.25) is 0 Å². The third-order valence-corrected chi connectivity index (χ3v) is 9.84. The largest absolute Gasteiger partial charge is 0.497 e. The Kier molecular flexibility index (Phi) is 16.4. The number of ether oxygens (including phenoxy) is 3. The van der Waals surface area contributed by atoms with Gasteiger partial charge in [-0.2, -0.15) is 23.5 Å². The second-order valence-corrected chi connectivity index (χ2v) is 13.2. The minimum absolute atomic E-state index is 0.00217. The van der Waals surface area contributed by atoms with Gasteiger partial charge in [-0.1, -0.05) is 54.1 Å². The van der Waals surface area contributed by atoms with Gasteiger partial charge in [0.15, 0.2) is 11.6 Å². The molecular formula is C38H44O7S2. The van der Waals surface area contributed by atoms with Crippen LogP contribution < -0.4 is 14.2 Å². The van der Waals surface area contributed by atoms with Gasteiger partial charge in [-0.05, 0) is 66.6 Å². The number of hydrogen-bond donors (Lipinski definition) is 2. The van der Waals surface area contributed by atoms with E-state index in [1.54, 1.807) is 69.1 Å². The molecule has 0 amide bonds. The van der Waals surface area contributed by atoms with Gasteiger partial charge in [-0.15, -0.1) is 0 Å². The maximum absolute atomic E-state index is 12.6. The molecule has 7 nitrogen and oxygen atoms in total. The van der Waals surface area contributed by atoms with Crippen LogP contribution in [0.1, 0.15) is 60.7 Å². The molecule has 0 bridgehead atoms. The van der Waals surface area contributed by atoms with E-state index in [9.17, 15) is 9.59 Å². The van der Waals surface area contributed by atoms with E-state index in [1.807, 2.05) is 79.7 Å². The highest BCUT2D eigenvalue weighted by Gasteiger charge is 2.19. The zero-order valence-electron chi connectivity index (χ0n) is 27.4. The number of benzene rings is 4. The Labute approximate surface area is 286 Å². The second-order valence-electron chi connectivity index (χ2n) is 10.6. The zero-order chi connectivity index (χ0) is 34.0. The number of hydrogen-bond acceptors (Lipinski definition) is 9. The first kappa shape index (κ1) is 37.7. The zero-order valence-corrected chi connectivity index (χ0v) is 29.0. The molecule has 9 heteroatoms. The Bertz CT molecular complexity index is 1490. The summed E-state index contributed by atoms with van der Waals surface area (Å²) in [6.07, 6.45) is 0.795. The first-order valence-electron chi connectivity index (χ1n) is 15.3. The van der Waals surface area contributed by atoms with Crippen LogP contribution in [0.4, 0.5) is 0 Å². The van der Waals surface area contributed by atoms with Crippen LogP contribution in [-0.4, -0.2) is 67.8 Å². The fourth-order valence-corrected chi connectivity index (χ4v) is 6.68. The number of aliphatic hydroxyl groups is 2. The van der Waals surface area contributed by atoms with E-state index in [0.29, 0.717) is 29.9 Å². The first-order valence-corrected chi connectivity index (χ1v) is 17.4. The van der Waals surface area contributed by atoms with Crippen LogP contribution in [0, 0.1) is 6.92 Å². The highest BCUT2D eigenvalue weighted by atomic mass is 32.2. The van der Waals surface area contributed by atoms with E-state index in [0.717, 1.165) is 39.5 Å². The number of thioether (sulfide) groups is 2. The first-order chi connectivity index (χ1) is 22.8. The lowest BCUT2D eigenvalue weighted by Crippen LogP contribution is -2.07. The number of ketones is 2. The predicted molar refractivity (Wildman–Crippen MR) is 193 cm³/mol. The van der Waals surface area contributed by atoms with Crippen molar-refractivity contribution in [1.82, 2.24) is 0 Å². The summed E-state index contributed by atoms with van der Waals surface area (Å²) in [5, 5.41) is 18.2. The molecular weight excluding hydrogens is 633 g/mol. The molecule has 2 atom stereocenters. The summed E-state index contributed by atoms with van der Waals surface area (Å²) in [5.41, 5.74) is 4.67. The van der Waals surface area contributed by atoms with E-state index < -0.39 is 0 Å². The van der Waals surface area contributed by atoms with Crippen molar-refractivity contribution in [3.63, 3.8) is 0 Å². The van der Waals surface area contributed by atoms with Crippen LogP contribution in [0.15, 0.2) is 97.1 Å². The van der Waals surface area contributed by atoms with Crippen LogP contribution in [0.5, 0.6) is 17.2 Å². The van der Waals surface area contributed by atoms with Crippen molar-refractivity contribution >= 4 is 35.1 Å². The van der Waals surface area contributed by atoms with Gasteiger partial charge in [0.1, 0.15) is 17.2 Å². The predicted octanol–water partition coefficient (Wildman–Crippen LogP) is 7.79. The van der Waals surface area contributed by atoms with Gasteiger partial charge in [0.05, 0.1) is 34.5 Å². The molecule has 4 aromatic carbocycles. The molecule has 0 saturated carbocycles. The fraction of sp³-hybridized carbons (Fsp3) is 0.316. The van der Waals surface area contributed by atoms with Crippen molar-refractivity contribution < 1.29 is 34.0 Å². The minimum atomic E-state index is -0.00217. The number of carbonyl (C=O) groups is 2. The van der Waals surface area contributed by atoms with E-state index in [4.69, 9.17) is 24.4 Å². The molecule has 0 heterocycles. The molecule has 2 N–H and O–H groups in total. The number of rotatable bonds is 17. The van der Waals surface area contributed by atoms with E-state index in [1.165, 1.54) is 0 Å². The fourth-order valence-electron chi connectivity index (χ4n) is 4.66. The average molecular weight is 677 g/mol. The van der Waals surface area contributed by atoms with Crippen LogP contribution in [0.2, 0.25) is 0 Å². The summed E-state index contributed by atoms with van der Waals surface area (Å²) >= 11 is 3.18. The highest BCUT2D eigenvalue weighted by Crippen LogP contribution is 2.35. The maximum Gasteiger partial charge on any atom is 0.164 e. The Morgan fingerprint density at radius 2 is 0.872 bits per heavy atom. The van der Waals surface area contributed by atoms with Crippen molar-refractivity contribution in [3.8, 4) is 17.2 Å². The summed E-state index contributed by atoms with van der Waals surface area (Å²) in [6, 6.07) is 30.3. The normalized spacial score (nSPS) is 11.9. The molecule has 0 spiro atoms. The molecule has 47 heavy (non-hydrogen) atoms. The van der Waals surface area contributed by atoms with Crippen LogP contribution in [0.3, 0.4) is 0 Å². The standard InChI is InChI=1S/C19H22O4S.C19H22O3S/c1-22-16-7-3-14(4-8-16)18(21)13-19(24-12-11-20)15-5-9-17(23-2)10-6-15;1-14-3-5-15(6-4-14)18(21)13-19(23-12-11-20)16-7-9-17(22-2)10-8-16/h3-10,19-20H,11-13H2,1-2H3;3-10,19-20H,11-13H2,1-2H3. The molecule has 4 rings (SSSR count). The van der Waals surface area contributed by atoms with E-state index in [2.05, 4.69) is 0 Å². The highest BCUT2D eigenvalue weighted by molar-refractivity contribution is 7.99. The van der Waals surface area contributed by atoms with Gasteiger partial charge < -0.3 is 24.4 Å². The Hall–Kier alpha value is -3.76. The monoisotopic (exact) mass is 676 g/mol. The lowest BCUT2D eigenvalue weighted by Gasteiger charge is -2.16. The summed E-state index contributed by atoms with van der Waals surface area (Å²) in [6.45, 7) is 2.20. The van der Waals surface area contributed by atoms with Gasteiger partial charge in [-0.3, -0.25) is 9.59 Å². The third-order valence-electron chi connectivity index (χ3n) is 7.32. The van der Waals surface area contributed by atoms with Gasteiger partial charge in [-0.25, -0.2) is 0 Å². The van der Waals surface area contributed by atoms with Crippen LogP contribution in [-0.2, 0) is 0 Å². The summed E-state index contributed by atoms with van der Waals surface area (Å²) < 4.78 is 15.5. The number of methoxy groups -OCH3 is 3. The molecule has 0 aliphatic heterocycles. The average Bonchev–Trinajstić information content (AvgIpc) is 3.12. The Morgan fingerprint density at radius 3 is 1.19 bits per heavy atom. The molecule has 4 aromatic rings. The molecule has 0 saturated heterocycles. The molecule has 0 radical (unpaired) electrons. The minimum Gasteiger partial charge on any atom is -0.497 e. The summed E-state index contributed by atoms with van der Waals surface area (Å²) in [7, 11) is 4.86. The van der Waals surface area contributed by atoms with Crippen molar-refractivity contribution in [3.05, 3.63) is 125 Å². The summed E-state index contributed by atoms with van der Waals surface area (Å²) in [4.78, 5) is 25.1. The van der Waals surface area contributed by atoms with Crippen LogP contribution in [0.25, 0.3) is 0 Å². The Morgan fingerprint density at radius 1 is 0.553 bits per heavy atom. The van der Waals surface area contributed by atoms with Gasteiger partial charge >= 0.3 is 0 Å². The summed E-state index contributed by atoms with van der Waals surface area (Å²) in [5.74, 6) is 3.70. The SMILES string of the molecule is COc1ccc(C(=O)CC(SCCO)c2ccc(OC)cc2)cc1.COc1ccc(C(CC(=O)c2ccc(C)cc2)SCCO)cc1. The van der Waals surface area contributed by atoms with E-state index in [-0.39, 0.29) is 35.3 Å². The number of Topliss-reactive ketones (excluding diaryl/α,β-unsaturated/α-hetero) is 2. The number of carbonyl (C=O) groups excluding carboxylic acids is 2. The van der Waals surface area contributed by atoms with Gasteiger partial charge in [0, 0.05) is 46.0 Å². The molecule has 250 valence electrons. The number of aryl methyl sites for hydroxylation is 1. The van der Waals surface area contributed by atoms with Crippen molar-refractivity contribution in [2.24, 2.45) is 0 Å².